The number of benzene rings is 1. The van der Waals surface area contributed by atoms with Gasteiger partial charge in [0.25, 0.3) is 5.92 Å². The van der Waals surface area contributed by atoms with Crippen LogP contribution >= 0.6 is 0 Å². The van der Waals surface area contributed by atoms with E-state index in [1.54, 1.807) is 20.8 Å². The number of likely N-dealkylation sites (tertiary alicyclic amines) is 1. The van der Waals surface area contributed by atoms with Gasteiger partial charge in [-0.25, -0.2) is 23.4 Å². The quantitative estimate of drug-likeness (QED) is 0.451. The van der Waals surface area contributed by atoms with Crippen LogP contribution in [-0.2, 0) is 4.74 Å². The fourth-order valence-electron chi connectivity index (χ4n) is 3.10. The summed E-state index contributed by atoms with van der Waals surface area (Å²) in [4.78, 5) is 31.1. The molecule has 1 amide bonds. The maximum absolute atomic E-state index is 14.7. The Balaban J connectivity index is 1.98. The summed E-state index contributed by atoms with van der Waals surface area (Å²) in [6.45, 7) is 10.7. The number of hydrogen-bond donors (Lipinski definition) is 1. The van der Waals surface area contributed by atoms with E-state index in [2.05, 4.69) is 15.1 Å². The van der Waals surface area contributed by atoms with E-state index in [1.165, 1.54) is 18.2 Å². The number of carbonyl (C=O) groups excluding carboxylic acids is 1. The van der Waals surface area contributed by atoms with Gasteiger partial charge >= 0.3 is 11.8 Å². The van der Waals surface area contributed by atoms with Gasteiger partial charge in [0.2, 0.25) is 0 Å². The van der Waals surface area contributed by atoms with Gasteiger partial charge in [0, 0.05) is 5.39 Å². The van der Waals surface area contributed by atoms with Gasteiger partial charge in [0.05, 0.1) is 30.1 Å². The number of ether oxygens (including phenoxy) is 1. The molecule has 0 aliphatic carbocycles. The number of alkyl halides is 2. The molecule has 1 aromatic heterocycles. The van der Waals surface area contributed by atoms with Crippen molar-refractivity contribution in [1.29, 1.82) is 0 Å². The van der Waals surface area contributed by atoms with E-state index in [0.29, 0.717) is 5.52 Å². The van der Waals surface area contributed by atoms with Gasteiger partial charge in [0.15, 0.2) is 5.69 Å². The third-order valence-electron chi connectivity index (χ3n) is 4.44. The largest absolute Gasteiger partial charge is 0.444 e. The number of halogens is 2. The number of nitro groups is 1. The summed E-state index contributed by atoms with van der Waals surface area (Å²) in [7, 11) is 0. The minimum Gasteiger partial charge on any atom is -0.444 e. The standard InChI is InChI=1S/C19H19F2N5O4/c1-18(2,3)30-17(27)25-9-15(19(20,21)10-25)24-16-12-7-11(22-4)5-6-13(12)23-8-14(16)26(28)29/h5-8,15H,9-10H2,1-3H3,(H,23,24). The minimum atomic E-state index is -3.36. The Labute approximate surface area is 170 Å². The second-order valence-corrected chi connectivity index (χ2v) is 7.91. The lowest BCUT2D eigenvalue weighted by Gasteiger charge is -2.24. The van der Waals surface area contributed by atoms with Gasteiger partial charge in [0.1, 0.15) is 23.5 Å². The molecule has 2 aromatic rings. The fraction of sp³-hybridized carbons (Fsp3) is 0.421. The molecular weight excluding hydrogens is 400 g/mol. The molecule has 30 heavy (non-hydrogen) atoms. The van der Waals surface area contributed by atoms with Crippen molar-refractivity contribution in [2.45, 2.75) is 38.3 Å². The topological polar surface area (TPSA) is 102 Å². The monoisotopic (exact) mass is 419 g/mol. The van der Waals surface area contributed by atoms with Gasteiger partial charge in [-0.1, -0.05) is 6.07 Å². The van der Waals surface area contributed by atoms with E-state index >= 15 is 0 Å². The number of aromatic nitrogens is 1. The molecule has 1 aromatic carbocycles. The predicted molar refractivity (Wildman–Crippen MR) is 105 cm³/mol. The molecular formula is C19H19F2N5O4. The molecule has 1 saturated heterocycles. The summed E-state index contributed by atoms with van der Waals surface area (Å²) in [6, 6.07) is 2.72. The highest BCUT2D eigenvalue weighted by molar-refractivity contribution is 5.97. The van der Waals surface area contributed by atoms with E-state index in [9.17, 15) is 23.7 Å². The lowest BCUT2D eigenvalue weighted by Crippen LogP contribution is -2.38. The Bertz CT molecular complexity index is 1060. The molecule has 2 heterocycles. The molecule has 0 bridgehead atoms. The third kappa shape index (κ3) is 4.22. The Morgan fingerprint density at radius 1 is 1.47 bits per heavy atom. The van der Waals surface area contributed by atoms with Gasteiger partial charge < -0.3 is 10.1 Å². The van der Waals surface area contributed by atoms with Crippen LogP contribution in [0.25, 0.3) is 15.7 Å². The van der Waals surface area contributed by atoms with Crippen LogP contribution in [0.4, 0.5) is 30.6 Å². The third-order valence-corrected chi connectivity index (χ3v) is 4.44. The SMILES string of the molecule is [C-]#[N+]c1ccc2ncc([N+](=O)[O-])c(NC3CN(C(=O)OC(C)(C)C)CC3(F)F)c2c1. The van der Waals surface area contributed by atoms with Crippen molar-refractivity contribution in [3.8, 4) is 0 Å². The molecule has 1 aliphatic heterocycles. The molecule has 158 valence electrons. The van der Waals surface area contributed by atoms with Crippen molar-refractivity contribution >= 4 is 34.1 Å². The first-order valence-electron chi connectivity index (χ1n) is 8.98. The number of nitrogens with one attached hydrogen (secondary N) is 1. The van der Waals surface area contributed by atoms with Crippen LogP contribution in [0.15, 0.2) is 24.4 Å². The number of nitrogens with zero attached hydrogens (tertiary/aromatic N) is 4. The number of amides is 1. The number of pyridine rings is 1. The number of rotatable bonds is 3. The summed E-state index contributed by atoms with van der Waals surface area (Å²) >= 11 is 0. The maximum atomic E-state index is 14.7. The van der Waals surface area contributed by atoms with Gasteiger partial charge in [-0.2, -0.15) is 0 Å². The molecule has 0 spiro atoms. The van der Waals surface area contributed by atoms with Crippen LogP contribution in [-0.4, -0.2) is 51.6 Å². The summed E-state index contributed by atoms with van der Waals surface area (Å²) < 4.78 is 34.5. The van der Waals surface area contributed by atoms with Gasteiger partial charge in [-0.3, -0.25) is 15.0 Å². The first-order chi connectivity index (χ1) is 13.9. The molecule has 0 radical (unpaired) electrons. The highest BCUT2D eigenvalue weighted by Crippen LogP contribution is 2.38. The van der Waals surface area contributed by atoms with Crippen LogP contribution in [0.1, 0.15) is 20.8 Å². The minimum absolute atomic E-state index is 0.171. The van der Waals surface area contributed by atoms with E-state index in [4.69, 9.17) is 11.3 Å². The zero-order valence-electron chi connectivity index (χ0n) is 16.5. The Morgan fingerprint density at radius 3 is 2.77 bits per heavy atom. The zero-order chi connectivity index (χ0) is 22.3. The van der Waals surface area contributed by atoms with E-state index < -0.39 is 47.4 Å². The smallest absolute Gasteiger partial charge is 0.410 e. The lowest BCUT2D eigenvalue weighted by atomic mass is 10.1. The molecule has 0 saturated carbocycles. The molecule has 1 aliphatic rings. The van der Waals surface area contributed by atoms with Crippen LogP contribution in [0, 0.1) is 16.7 Å². The van der Waals surface area contributed by atoms with Crippen molar-refractivity contribution in [2.24, 2.45) is 0 Å². The predicted octanol–water partition coefficient (Wildman–Crippen LogP) is 4.36. The number of hydrogen-bond acceptors (Lipinski definition) is 6. The second kappa shape index (κ2) is 7.37. The lowest BCUT2D eigenvalue weighted by molar-refractivity contribution is -0.384. The molecule has 1 unspecified atom stereocenters. The van der Waals surface area contributed by atoms with Gasteiger partial charge in [-0.15, -0.1) is 0 Å². The maximum Gasteiger partial charge on any atom is 0.410 e. The highest BCUT2D eigenvalue weighted by atomic mass is 19.3. The van der Waals surface area contributed by atoms with Crippen molar-refractivity contribution in [3.05, 3.63) is 45.9 Å². The molecule has 1 N–H and O–H groups in total. The molecule has 9 nitrogen and oxygen atoms in total. The van der Waals surface area contributed by atoms with Crippen molar-refractivity contribution in [3.63, 3.8) is 0 Å². The highest BCUT2D eigenvalue weighted by Gasteiger charge is 2.51. The normalized spacial score (nSPS) is 18.1. The van der Waals surface area contributed by atoms with E-state index in [-0.39, 0.29) is 16.8 Å². The Kier molecular flexibility index (Phi) is 5.20. The van der Waals surface area contributed by atoms with Crippen LogP contribution in [0.2, 0.25) is 0 Å². The molecule has 1 atom stereocenters. The Morgan fingerprint density at radius 2 is 2.17 bits per heavy atom. The van der Waals surface area contributed by atoms with Crippen molar-refractivity contribution in [1.82, 2.24) is 9.88 Å². The number of fused-ring (bicyclic) bond motifs is 1. The summed E-state index contributed by atoms with van der Waals surface area (Å²) in [5, 5.41) is 14.2. The van der Waals surface area contributed by atoms with Crippen LogP contribution < -0.4 is 5.32 Å². The molecule has 1 fully saturated rings. The van der Waals surface area contributed by atoms with E-state index in [0.717, 1.165) is 11.1 Å². The van der Waals surface area contributed by atoms with E-state index in [1.807, 2.05) is 0 Å². The van der Waals surface area contributed by atoms with Crippen LogP contribution in [0.3, 0.4) is 0 Å². The molecule has 11 heteroatoms. The summed E-state index contributed by atoms with van der Waals surface area (Å²) in [5.74, 6) is -3.36. The van der Waals surface area contributed by atoms with Crippen molar-refractivity contribution in [2.75, 3.05) is 18.4 Å². The summed E-state index contributed by atoms with van der Waals surface area (Å²) in [6.07, 6.45) is 0.0804. The van der Waals surface area contributed by atoms with Gasteiger partial charge in [-0.05, 0) is 32.9 Å². The number of carbonyl (C=O) groups is 1. The molecule has 3 rings (SSSR count). The fourth-order valence-corrected chi connectivity index (χ4v) is 3.10. The average Bonchev–Trinajstić information content (AvgIpc) is 2.94. The Hall–Kier alpha value is -3.55. The van der Waals surface area contributed by atoms with Crippen molar-refractivity contribution < 1.29 is 23.2 Å². The second-order valence-electron chi connectivity index (χ2n) is 7.91. The first kappa shape index (κ1) is 21.2. The van der Waals surface area contributed by atoms with Crippen LogP contribution in [0.5, 0.6) is 0 Å². The first-order valence-corrected chi connectivity index (χ1v) is 8.98. The summed E-state index contributed by atoms with van der Waals surface area (Å²) in [5.41, 5.74) is -1.04. The zero-order valence-corrected chi connectivity index (χ0v) is 16.5. The average molecular weight is 419 g/mol. The number of anilines is 1.